The van der Waals surface area contributed by atoms with E-state index >= 15 is 0 Å². The van der Waals surface area contributed by atoms with E-state index in [0.29, 0.717) is 0 Å². The number of benzene rings is 1. The molecule has 0 amide bonds. The molecule has 0 spiro atoms. The van der Waals surface area contributed by atoms with Crippen LogP contribution in [-0.4, -0.2) is 14.7 Å². The Bertz CT molecular complexity index is 348. The predicted octanol–water partition coefficient (Wildman–Crippen LogP) is 4.11. The van der Waals surface area contributed by atoms with E-state index < -0.39 is 8.07 Å². The lowest BCUT2D eigenvalue weighted by atomic mass is 10.2. The molecule has 1 aromatic carbocycles. The second kappa shape index (κ2) is 6.25. The maximum absolute atomic E-state index is 5.57. The van der Waals surface area contributed by atoms with Crippen LogP contribution in [0.4, 0.5) is 0 Å². The van der Waals surface area contributed by atoms with E-state index in [2.05, 4.69) is 45.9 Å². The Hall–Kier alpha value is -0.763. The number of aryl methyl sites for hydroxylation is 1. The van der Waals surface area contributed by atoms with Crippen molar-refractivity contribution < 1.29 is 4.74 Å². The Morgan fingerprint density at radius 2 is 1.59 bits per heavy atom. The van der Waals surface area contributed by atoms with Gasteiger partial charge < -0.3 is 4.74 Å². The van der Waals surface area contributed by atoms with Crippen molar-refractivity contribution in [2.45, 2.75) is 52.8 Å². The van der Waals surface area contributed by atoms with Gasteiger partial charge in [-0.05, 0) is 31.5 Å². The van der Waals surface area contributed by atoms with Crippen LogP contribution in [0.1, 0.15) is 33.3 Å². The van der Waals surface area contributed by atoms with Gasteiger partial charge in [-0.1, -0.05) is 50.2 Å². The van der Waals surface area contributed by atoms with E-state index in [0.717, 1.165) is 12.4 Å². The molecule has 0 fully saturated rings. The third kappa shape index (κ3) is 2.92. The van der Waals surface area contributed by atoms with Crippen LogP contribution in [0, 0.1) is 6.92 Å². The van der Waals surface area contributed by atoms with Gasteiger partial charge in [-0.2, -0.15) is 0 Å². The average molecular weight is 250 g/mol. The van der Waals surface area contributed by atoms with E-state index in [1.165, 1.54) is 23.7 Å². The van der Waals surface area contributed by atoms with Crippen LogP contribution < -0.4 is 9.92 Å². The molecule has 0 aliphatic heterocycles. The fraction of sp³-hybridized carbons (Fsp3) is 0.600. The highest BCUT2D eigenvalue weighted by Gasteiger charge is 2.30. The summed E-state index contributed by atoms with van der Waals surface area (Å²) in [6, 6.07) is 10.7. The van der Waals surface area contributed by atoms with Gasteiger partial charge >= 0.3 is 0 Å². The Kier molecular flexibility index (Phi) is 5.25. The summed E-state index contributed by atoms with van der Waals surface area (Å²) >= 11 is 0. The summed E-state index contributed by atoms with van der Waals surface area (Å²) in [5, 5.41) is 1.63. The molecule has 0 unspecified atom stereocenters. The summed E-state index contributed by atoms with van der Waals surface area (Å²) in [6.07, 6.45) is 0. The normalized spacial score (nSPS) is 11.6. The molecule has 0 N–H and O–H groups in total. The zero-order chi connectivity index (χ0) is 12.9. The van der Waals surface area contributed by atoms with Crippen molar-refractivity contribution in [1.29, 1.82) is 0 Å². The first-order valence-electron chi connectivity index (χ1n) is 6.87. The monoisotopic (exact) mass is 250 g/mol. The summed E-state index contributed by atoms with van der Waals surface area (Å²) < 4.78 is 5.57. The molecule has 0 aliphatic rings. The van der Waals surface area contributed by atoms with Crippen molar-refractivity contribution in [2.24, 2.45) is 0 Å². The van der Waals surface area contributed by atoms with Gasteiger partial charge in [0.15, 0.2) is 0 Å². The standard InChI is InChI=1S/C15H26OSi/c1-6-16-14-10-11-15(13(5)12-14)17(7-2,8-3)9-4/h10-12H,6-9H2,1-5H3. The van der Waals surface area contributed by atoms with Crippen molar-refractivity contribution in [2.75, 3.05) is 6.61 Å². The predicted molar refractivity (Wildman–Crippen MR) is 79.2 cm³/mol. The van der Waals surface area contributed by atoms with Crippen molar-refractivity contribution in [3.8, 4) is 5.75 Å². The topological polar surface area (TPSA) is 9.23 Å². The first-order valence-corrected chi connectivity index (χ1v) is 9.49. The lowest BCUT2D eigenvalue weighted by Gasteiger charge is -2.30. The lowest BCUT2D eigenvalue weighted by Crippen LogP contribution is -2.47. The lowest BCUT2D eigenvalue weighted by molar-refractivity contribution is 0.340. The highest BCUT2D eigenvalue weighted by molar-refractivity contribution is 6.92. The Labute approximate surface area is 107 Å². The molecular formula is C15H26OSi. The third-order valence-electron chi connectivity index (χ3n) is 4.11. The molecule has 1 aromatic rings. The largest absolute Gasteiger partial charge is 0.494 e. The van der Waals surface area contributed by atoms with Gasteiger partial charge in [0, 0.05) is 0 Å². The molecule has 0 aliphatic carbocycles. The van der Waals surface area contributed by atoms with Crippen molar-refractivity contribution in [1.82, 2.24) is 0 Å². The van der Waals surface area contributed by atoms with Crippen LogP contribution in [0.2, 0.25) is 18.1 Å². The summed E-state index contributed by atoms with van der Waals surface area (Å²) in [6.45, 7) is 12.1. The second-order valence-corrected chi connectivity index (χ2v) is 9.97. The van der Waals surface area contributed by atoms with E-state index in [1.54, 1.807) is 5.19 Å². The Morgan fingerprint density at radius 1 is 1.00 bits per heavy atom. The van der Waals surface area contributed by atoms with Crippen LogP contribution in [0.5, 0.6) is 5.75 Å². The molecule has 1 rings (SSSR count). The van der Waals surface area contributed by atoms with Crippen molar-refractivity contribution in [3.05, 3.63) is 23.8 Å². The Balaban J connectivity index is 3.13. The minimum absolute atomic E-state index is 0.747. The molecular weight excluding hydrogens is 224 g/mol. The maximum Gasteiger partial charge on any atom is 0.119 e. The number of rotatable bonds is 6. The van der Waals surface area contributed by atoms with Crippen LogP contribution >= 0.6 is 0 Å². The number of ether oxygens (including phenoxy) is 1. The van der Waals surface area contributed by atoms with Crippen LogP contribution in [0.3, 0.4) is 0 Å². The van der Waals surface area contributed by atoms with Gasteiger partial charge in [-0.15, -0.1) is 0 Å². The third-order valence-corrected chi connectivity index (χ3v) is 9.87. The van der Waals surface area contributed by atoms with E-state index in [-0.39, 0.29) is 0 Å². The molecule has 0 saturated carbocycles. The highest BCUT2D eigenvalue weighted by Crippen LogP contribution is 2.23. The van der Waals surface area contributed by atoms with E-state index in [9.17, 15) is 0 Å². The summed E-state index contributed by atoms with van der Waals surface area (Å²) in [4.78, 5) is 0. The SMILES string of the molecule is CCOc1ccc([Si](CC)(CC)CC)c(C)c1. The van der Waals surface area contributed by atoms with Crippen LogP contribution in [0.15, 0.2) is 18.2 Å². The van der Waals surface area contributed by atoms with Crippen LogP contribution in [-0.2, 0) is 0 Å². The smallest absolute Gasteiger partial charge is 0.119 e. The van der Waals surface area contributed by atoms with Gasteiger partial charge in [0.1, 0.15) is 5.75 Å². The molecule has 1 nitrogen and oxygen atoms in total. The molecule has 96 valence electrons. The molecule has 0 bridgehead atoms. The molecule has 0 radical (unpaired) electrons. The van der Waals surface area contributed by atoms with Gasteiger partial charge in [-0.3, -0.25) is 0 Å². The summed E-state index contributed by atoms with van der Waals surface area (Å²) in [5.41, 5.74) is 1.42. The van der Waals surface area contributed by atoms with Gasteiger partial charge in [0.2, 0.25) is 0 Å². The maximum atomic E-state index is 5.57. The van der Waals surface area contributed by atoms with Gasteiger partial charge in [0.05, 0.1) is 14.7 Å². The quantitative estimate of drug-likeness (QED) is 0.690. The molecule has 0 atom stereocenters. The number of hydrogen-bond acceptors (Lipinski definition) is 1. The van der Waals surface area contributed by atoms with E-state index in [1.807, 2.05) is 6.92 Å². The summed E-state index contributed by atoms with van der Waals surface area (Å²) in [5.74, 6) is 1.01. The van der Waals surface area contributed by atoms with Crippen LogP contribution in [0.25, 0.3) is 0 Å². The van der Waals surface area contributed by atoms with Gasteiger partial charge in [0.25, 0.3) is 0 Å². The summed E-state index contributed by atoms with van der Waals surface area (Å²) in [7, 11) is -1.24. The fourth-order valence-corrected chi connectivity index (χ4v) is 6.80. The molecule has 0 heterocycles. The second-order valence-electron chi connectivity index (χ2n) is 4.75. The Morgan fingerprint density at radius 3 is 2.00 bits per heavy atom. The molecule has 2 heteroatoms. The minimum Gasteiger partial charge on any atom is -0.494 e. The minimum atomic E-state index is -1.24. The average Bonchev–Trinajstić information content (AvgIpc) is 2.34. The highest BCUT2D eigenvalue weighted by atomic mass is 28.3. The molecule has 0 saturated heterocycles. The first-order chi connectivity index (χ1) is 8.13. The first kappa shape index (κ1) is 14.3. The van der Waals surface area contributed by atoms with E-state index in [4.69, 9.17) is 4.74 Å². The molecule has 0 aromatic heterocycles. The number of hydrogen-bond donors (Lipinski definition) is 0. The van der Waals surface area contributed by atoms with Crippen molar-refractivity contribution in [3.63, 3.8) is 0 Å². The zero-order valence-corrected chi connectivity index (χ0v) is 13.0. The van der Waals surface area contributed by atoms with Crippen molar-refractivity contribution >= 4 is 13.3 Å². The fourth-order valence-electron chi connectivity index (χ4n) is 2.81. The molecule has 17 heavy (non-hydrogen) atoms. The van der Waals surface area contributed by atoms with Gasteiger partial charge in [-0.25, -0.2) is 0 Å². The zero-order valence-electron chi connectivity index (χ0n) is 12.0.